The lowest BCUT2D eigenvalue weighted by atomic mass is 10.2. The Morgan fingerprint density at radius 3 is 2.45 bits per heavy atom. The van der Waals surface area contributed by atoms with Crippen molar-refractivity contribution in [2.75, 3.05) is 10.6 Å². The van der Waals surface area contributed by atoms with Gasteiger partial charge in [-0.05, 0) is 49.4 Å². The lowest BCUT2D eigenvalue weighted by Crippen LogP contribution is -2.31. The molecule has 3 N–H and O–H groups in total. The highest BCUT2D eigenvalue weighted by atomic mass is 16.3. The van der Waals surface area contributed by atoms with E-state index in [9.17, 15) is 9.59 Å². The Hall–Kier alpha value is -4.00. The fourth-order valence-electron chi connectivity index (χ4n) is 2.93. The van der Waals surface area contributed by atoms with E-state index in [2.05, 4.69) is 16.0 Å². The van der Waals surface area contributed by atoms with Gasteiger partial charge in [0.1, 0.15) is 11.3 Å². The van der Waals surface area contributed by atoms with Crippen LogP contribution in [0.4, 0.5) is 16.2 Å². The topological polar surface area (TPSA) is 96.5 Å². The molecule has 0 saturated heterocycles. The van der Waals surface area contributed by atoms with Gasteiger partial charge in [-0.3, -0.25) is 4.79 Å². The highest BCUT2D eigenvalue weighted by Crippen LogP contribution is 2.24. The summed E-state index contributed by atoms with van der Waals surface area (Å²) >= 11 is 0. The van der Waals surface area contributed by atoms with Crippen LogP contribution in [0, 0.1) is 0 Å². The molecule has 2 aromatic heterocycles. The molecule has 0 aliphatic rings. The third kappa shape index (κ3) is 4.30. The highest BCUT2D eigenvalue weighted by Gasteiger charge is 2.15. The lowest BCUT2D eigenvalue weighted by Gasteiger charge is -2.13. The largest absolute Gasteiger partial charge is 0.459 e. The number of fused-ring (bicyclic) bond motifs is 1. The molecule has 0 unspecified atom stereocenters. The minimum atomic E-state index is -0.382. The SMILES string of the molecule is C[C@@H](NC(=O)Nc1cccc(NC(=O)c2ccco2)c1)c1cc2ccccc2o1. The predicted molar refractivity (Wildman–Crippen MR) is 110 cm³/mol. The van der Waals surface area contributed by atoms with Crippen LogP contribution >= 0.6 is 0 Å². The van der Waals surface area contributed by atoms with E-state index in [1.54, 1.807) is 36.4 Å². The zero-order chi connectivity index (χ0) is 20.2. The molecule has 0 saturated carbocycles. The Balaban J connectivity index is 1.38. The van der Waals surface area contributed by atoms with Gasteiger partial charge in [-0.1, -0.05) is 24.3 Å². The van der Waals surface area contributed by atoms with E-state index in [1.165, 1.54) is 6.26 Å². The molecular formula is C22H19N3O4. The van der Waals surface area contributed by atoms with Crippen LogP contribution in [0.3, 0.4) is 0 Å². The van der Waals surface area contributed by atoms with Gasteiger partial charge in [0.25, 0.3) is 5.91 Å². The highest BCUT2D eigenvalue weighted by molar-refractivity contribution is 6.02. The number of amides is 3. The van der Waals surface area contributed by atoms with E-state index >= 15 is 0 Å². The number of anilines is 2. The molecule has 146 valence electrons. The van der Waals surface area contributed by atoms with E-state index in [0.29, 0.717) is 17.1 Å². The second-order valence-electron chi connectivity index (χ2n) is 6.52. The number of carbonyl (C=O) groups is 2. The quantitative estimate of drug-likeness (QED) is 0.439. The number of para-hydroxylation sites is 1. The number of furan rings is 2. The van der Waals surface area contributed by atoms with E-state index in [1.807, 2.05) is 37.3 Å². The Morgan fingerprint density at radius 2 is 1.69 bits per heavy atom. The first-order valence-electron chi connectivity index (χ1n) is 9.09. The van der Waals surface area contributed by atoms with Crippen molar-refractivity contribution in [1.29, 1.82) is 0 Å². The number of nitrogens with one attached hydrogen (secondary N) is 3. The Bertz CT molecular complexity index is 1110. The summed E-state index contributed by atoms with van der Waals surface area (Å²) < 4.78 is 10.8. The summed E-state index contributed by atoms with van der Waals surface area (Å²) in [5.74, 6) is 0.511. The van der Waals surface area contributed by atoms with Gasteiger partial charge in [0.2, 0.25) is 0 Å². The third-order valence-corrected chi connectivity index (χ3v) is 4.34. The smallest absolute Gasteiger partial charge is 0.319 e. The zero-order valence-electron chi connectivity index (χ0n) is 15.6. The molecule has 7 nitrogen and oxygen atoms in total. The van der Waals surface area contributed by atoms with Crippen molar-refractivity contribution in [1.82, 2.24) is 5.32 Å². The average molecular weight is 389 g/mol. The molecule has 2 aromatic carbocycles. The number of hydrogen-bond acceptors (Lipinski definition) is 4. The molecule has 29 heavy (non-hydrogen) atoms. The zero-order valence-corrected chi connectivity index (χ0v) is 15.6. The molecule has 4 aromatic rings. The van der Waals surface area contributed by atoms with Crippen molar-refractivity contribution in [2.45, 2.75) is 13.0 Å². The second kappa shape index (κ2) is 7.93. The molecule has 0 aliphatic heterocycles. The summed E-state index contributed by atoms with van der Waals surface area (Å²) in [6.07, 6.45) is 1.43. The molecule has 1 atom stereocenters. The molecule has 0 spiro atoms. The normalized spacial score (nSPS) is 11.8. The molecule has 4 rings (SSSR count). The van der Waals surface area contributed by atoms with Crippen LogP contribution < -0.4 is 16.0 Å². The van der Waals surface area contributed by atoms with Crippen molar-refractivity contribution in [3.63, 3.8) is 0 Å². The van der Waals surface area contributed by atoms with E-state index in [0.717, 1.165) is 11.0 Å². The van der Waals surface area contributed by atoms with Crippen LogP contribution in [0.25, 0.3) is 11.0 Å². The van der Waals surface area contributed by atoms with E-state index in [4.69, 9.17) is 8.83 Å². The minimum Gasteiger partial charge on any atom is -0.459 e. The Morgan fingerprint density at radius 1 is 0.897 bits per heavy atom. The van der Waals surface area contributed by atoms with Crippen LogP contribution in [0.15, 0.2) is 81.8 Å². The first-order chi connectivity index (χ1) is 14.1. The summed E-state index contributed by atoms with van der Waals surface area (Å²) in [6, 6.07) is 18.9. The van der Waals surface area contributed by atoms with Gasteiger partial charge in [-0.25, -0.2) is 4.79 Å². The van der Waals surface area contributed by atoms with Gasteiger partial charge in [0.05, 0.1) is 12.3 Å². The molecule has 0 fully saturated rings. The average Bonchev–Trinajstić information content (AvgIpc) is 3.38. The van der Waals surface area contributed by atoms with Crippen LogP contribution in [0.1, 0.15) is 29.3 Å². The maximum Gasteiger partial charge on any atom is 0.319 e. The molecule has 0 bridgehead atoms. The third-order valence-electron chi connectivity index (χ3n) is 4.34. The molecule has 0 radical (unpaired) electrons. The van der Waals surface area contributed by atoms with E-state index < -0.39 is 0 Å². The maximum absolute atomic E-state index is 12.4. The van der Waals surface area contributed by atoms with Gasteiger partial charge in [-0.15, -0.1) is 0 Å². The number of rotatable bonds is 5. The first kappa shape index (κ1) is 18.4. The van der Waals surface area contributed by atoms with Crippen molar-refractivity contribution in [3.05, 3.63) is 84.5 Å². The van der Waals surface area contributed by atoms with Crippen molar-refractivity contribution in [3.8, 4) is 0 Å². The number of hydrogen-bond donors (Lipinski definition) is 3. The summed E-state index contributed by atoms with van der Waals surface area (Å²) in [5, 5.41) is 9.30. The van der Waals surface area contributed by atoms with Crippen LogP contribution in [0.5, 0.6) is 0 Å². The van der Waals surface area contributed by atoms with Crippen LogP contribution in [-0.4, -0.2) is 11.9 Å². The van der Waals surface area contributed by atoms with Gasteiger partial charge < -0.3 is 24.8 Å². The Kier molecular flexibility index (Phi) is 5.03. The standard InChI is InChI=1S/C22H19N3O4/c1-14(20-12-15-6-2-3-9-18(15)29-20)23-22(27)25-17-8-4-7-16(13-17)24-21(26)19-10-5-11-28-19/h2-14H,1H3,(H,24,26)(H2,23,25,27)/t14-/m1/s1. The second-order valence-corrected chi connectivity index (χ2v) is 6.52. The Labute approximate surface area is 166 Å². The summed E-state index contributed by atoms with van der Waals surface area (Å²) in [7, 11) is 0. The number of urea groups is 1. The molecule has 0 aliphatic carbocycles. The summed E-state index contributed by atoms with van der Waals surface area (Å²) in [5.41, 5.74) is 1.85. The lowest BCUT2D eigenvalue weighted by molar-refractivity contribution is 0.0996. The van der Waals surface area contributed by atoms with E-state index in [-0.39, 0.29) is 23.7 Å². The van der Waals surface area contributed by atoms with Crippen LogP contribution in [-0.2, 0) is 0 Å². The molecule has 7 heteroatoms. The van der Waals surface area contributed by atoms with Gasteiger partial charge in [0, 0.05) is 16.8 Å². The maximum atomic E-state index is 12.4. The fourth-order valence-corrected chi connectivity index (χ4v) is 2.93. The van der Waals surface area contributed by atoms with Crippen molar-refractivity contribution >= 4 is 34.3 Å². The van der Waals surface area contributed by atoms with Crippen molar-refractivity contribution < 1.29 is 18.4 Å². The predicted octanol–water partition coefficient (Wildman–Crippen LogP) is 5.16. The fraction of sp³-hybridized carbons (Fsp3) is 0.0909. The van der Waals surface area contributed by atoms with Gasteiger partial charge in [-0.2, -0.15) is 0 Å². The number of carbonyl (C=O) groups excluding carboxylic acids is 2. The molecule has 2 heterocycles. The number of benzene rings is 2. The summed E-state index contributed by atoms with van der Waals surface area (Å²) in [4.78, 5) is 24.4. The van der Waals surface area contributed by atoms with Crippen LogP contribution in [0.2, 0.25) is 0 Å². The van der Waals surface area contributed by atoms with Gasteiger partial charge in [0.15, 0.2) is 5.76 Å². The summed E-state index contributed by atoms with van der Waals surface area (Å²) in [6.45, 7) is 1.84. The molecule has 3 amide bonds. The minimum absolute atomic E-state index is 0.209. The molecular weight excluding hydrogens is 370 g/mol. The first-order valence-corrected chi connectivity index (χ1v) is 9.09. The van der Waals surface area contributed by atoms with Gasteiger partial charge >= 0.3 is 6.03 Å². The van der Waals surface area contributed by atoms with Crippen molar-refractivity contribution in [2.24, 2.45) is 0 Å². The monoisotopic (exact) mass is 389 g/mol.